The molecule has 7 nitrogen and oxygen atoms in total. The average Bonchev–Trinajstić information content (AvgIpc) is 2.85. The molecule has 1 aromatic rings. The van der Waals surface area contributed by atoms with E-state index in [1.54, 1.807) is 13.0 Å². The number of nitrogens with zero attached hydrogens (tertiary/aromatic N) is 1. The summed E-state index contributed by atoms with van der Waals surface area (Å²) in [6.45, 7) is 3.81. The SMILES string of the molecule is CCC(C)C(NC(=O)NCc1ccno1)C(=O)O. The lowest BCUT2D eigenvalue weighted by Crippen LogP contribution is -2.48. The highest BCUT2D eigenvalue weighted by molar-refractivity contribution is 5.82. The third-order valence-corrected chi connectivity index (χ3v) is 2.68. The van der Waals surface area contributed by atoms with Crippen LogP contribution in [0.15, 0.2) is 16.8 Å². The Labute approximate surface area is 105 Å². The van der Waals surface area contributed by atoms with Gasteiger partial charge in [-0.1, -0.05) is 25.4 Å². The number of carboxylic acid groups (broad SMARTS) is 1. The van der Waals surface area contributed by atoms with Crippen molar-refractivity contribution in [2.75, 3.05) is 0 Å². The van der Waals surface area contributed by atoms with Crippen LogP contribution in [-0.2, 0) is 11.3 Å². The number of carbonyl (C=O) groups excluding carboxylic acids is 1. The van der Waals surface area contributed by atoms with E-state index >= 15 is 0 Å². The number of hydrogen-bond acceptors (Lipinski definition) is 4. The maximum absolute atomic E-state index is 11.5. The molecule has 0 fully saturated rings. The highest BCUT2D eigenvalue weighted by atomic mass is 16.5. The molecule has 1 heterocycles. The molecule has 1 rings (SSSR count). The molecule has 18 heavy (non-hydrogen) atoms. The quantitative estimate of drug-likeness (QED) is 0.702. The third-order valence-electron chi connectivity index (χ3n) is 2.68. The Morgan fingerprint density at radius 1 is 1.56 bits per heavy atom. The second-order valence-corrected chi connectivity index (χ2v) is 4.01. The van der Waals surface area contributed by atoms with Crippen LogP contribution in [0, 0.1) is 5.92 Å². The zero-order valence-corrected chi connectivity index (χ0v) is 10.3. The van der Waals surface area contributed by atoms with Gasteiger partial charge in [0.1, 0.15) is 6.04 Å². The minimum Gasteiger partial charge on any atom is -0.480 e. The monoisotopic (exact) mass is 255 g/mol. The third kappa shape index (κ3) is 4.08. The fraction of sp³-hybridized carbons (Fsp3) is 0.545. The molecule has 0 aliphatic rings. The molecular weight excluding hydrogens is 238 g/mol. The number of carbonyl (C=O) groups is 2. The predicted octanol–water partition coefficient (Wildman–Crippen LogP) is 0.973. The molecule has 0 aliphatic heterocycles. The van der Waals surface area contributed by atoms with Gasteiger partial charge in [0.2, 0.25) is 0 Å². The van der Waals surface area contributed by atoms with Gasteiger partial charge in [0.05, 0.1) is 12.7 Å². The van der Waals surface area contributed by atoms with Gasteiger partial charge in [-0.2, -0.15) is 0 Å². The highest BCUT2D eigenvalue weighted by Crippen LogP contribution is 2.07. The van der Waals surface area contributed by atoms with E-state index in [-0.39, 0.29) is 12.5 Å². The van der Waals surface area contributed by atoms with Crippen LogP contribution in [0.1, 0.15) is 26.0 Å². The summed E-state index contributed by atoms with van der Waals surface area (Å²) in [6, 6.07) is 0.174. The zero-order valence-electron chi connectivity index (χ0n) is 10.3. The number of amides is 2. The summed E-state index contributed by atoms with van der Waals surface area (Å²) in [6.07, 6.45) is 2.13. The first-order valence-electron chi connectivity index (χ1n) is 5.71. The van der Waals surface area contributed by atoms with Crippen LogP contribution < -0.4 is 10.6 Å². The van der Waals surface area contributed by atoms with Crippen molar-refractivity contribution in [1.82, 2.24) is 15.8 Å². The molecule has 1 aromatic heterocycles. The lowest BCUT2D eigenvalue weighted by Gasteiger charge is -2.20. The van der Waals surface area contributed by atoms with Crippen molar-refractivity contribution < 1.29 is 19.2 Å². The van der Waals surface area contributed by atoms with E-state index in [0.717, 1.165) is 0 Å². The van der Waals surface area contributed by atoms with Crippen LogP contribution >= 0.6 is 0 Å². The number of aliphatic carboxylic acids is 1. The normalized spacial score (nSPS) is 13.7. The van der Waals surface area contributed by atoms with Crippen molar-refractivity contribution in [3.8, 4) is 0 Å². The van der Waals surface area contributed by atoms with Crippen molar-refractivity contribution in [3.63, 3.8) is 0 Å². The lowest BCUT2D eigenvalue weighted by atomic mass is 9.99. The van der Waals surface area contributed by atoms with Crippen molar-refractivity contribution in [1.29, 1.82) is 0 Å². The minimum atomic E-state index is -1.04. The molecule has 2 atom stereocenters. The summed E-state index contributed by atoms with van der Waals surface area (Å²) < 4.78 is 4.80. The summed E-state index contributed by atoms with van der Waals surface area (Å²) in [7, 11) is 0. The molecular formula is C11H17N3O4. The maximum Gasteiger partial charge on any atom is 0.326 e. The van der Waals surface area contributed by atoms with E-state index in [2.05, 4.69) is 15.8 Å². The Morgan fingerprint density at radius 3 is 2.78 bits per heavy atom. The Morgan fingerprint density at radius 2 is 2.28 bits per heavy atom. The minimum absolute atomic E-state index is 0.140. The van der Waals surface area contributed by atoms with E-state index in [1.807, 2.05) is 6.92 Å². The zero-order chi connectivity index (χ0) is 13.5. The van der Waals surface area contributed by atoms with Crippen molar-refractivity contribution in [3.05, 3.63) is 18.0 Å². The van der Waals surface area contributed by atoms with Crippen LogP contribution in [0.4, 0.5) is 4.79 Å². The molecule has 0 saturated carbocycles. The lowest BCUT2D eigenvalue weighted by molar-refractivity contribution is -0.140. The highest BCUT2D eigenvalue weighted by Gasteiger charge is 2.25. The Hall–Kier alpha value is -2.05. The Balaban J connectivity index is 2.44. The van der Waals surface area contributed by atoms with Crippen LogP contribution in [-0.4, -0.2) is 28.3 Å². The largest absolute Gasteiger partial charge is 0.480 e. The number of hydrogen-bond donors (Lipinski definition) is 3. The number of aromatic nitrogens is 1. The van der Waals surface area contributed by atoms with Gasteiger partial charge in [0.15, 0.2) is 5.76 Å². The van der Waals surface area contributed by atoms with E-state index in [0.29, 0.717) is 12.2 Å². The number of carboxylic acids is 1. The van der Waals surface area contributed by atoms with Gasteiger partial charge in [-0.15, -0.1) is 0 Å². The molecule has 0 saturated heterocycles. The van der Waals surface area contributed by atoms with Crippen LogP contribution in [0.2, 0.25) is 0 Å². The van der Waals surface area contributed by atoms with E-state index in [4.69, 9.17) is 9.63 Å². The molecule has 0 spiro atoms. The fourth-order valence-corrected chi connectivity index (χ4v) is 1.38. The molecule has 3 N–H and O–H groups in total. The number of rotatable bonds is 6. The fourth-order valence-electron chi connectivity index (χ4n) is 1.38. The van der Waals surface area contributed by atoms with Crippen molar-refractivity contribution in [2.24, 2.45) is 5.92 Å². The predicted molar refractivity (Wildman–Crippen MR) is 62.8 cm³/mol. The molecule has 0 aromatic carbocycles. The van der Waals surface area contributed by atoms with Crippen LogP contribution in [0.3, 0.4) is 0 Å². The Bertz CT molecular complexity index is 391. The summed E-state index contributed by atoms with van der Waals surface area (Å²) in [5, 5.41) is 17.4. The first-order chi connectivity index (χ1) is 8.54. The summed E-state index contributed by atoms with van der Waals surface area (Å²) in [5.41, 5.74) is 0. The van der Waals surface area contributed by atoms with Gasteiger partial charge in [0.25, 0.3) is 0 Å². The molecule has 2 amide bonds. The van der Waals surface area contributed by atoms with Gasteiger partial charge in [-0.05, 0) is 5.92 Å². The first-order valence-corrected chi connectivity index (χ1v) is 5.71. The number of urea groups is 1. The van der Waals surface area contributed by atoms with Crippen LogP contribution in [0.5, 0.6) is 0 Å². The summed E-state index contributed by atoms with van der Waals surface area (Å²) in [5.74, 6) is -0.682. The Kier molecular flexibility index (Phi) is 5.16. The maximum atomic E-state index is 11.5. The smallest absolute Gasteiger partial charge is 0.326 e. The molecule has 0 bridgehead atoms. The van der Waals surface area contributed by atoms with Crippen LogP contribution in [0.25, 0.3) is 0 Å². The summed E-state index contributed by atoms with van der Waals surface area (Å²) >= 11 is 0. The standard InChI is InChI=1S/C11H17N3O4/c1-3-7(2)9(10(15)16)14-11(17)12-6-8-4-5-13-18-8/h4-5,7,9H,3,6H2,1-2H3,(H,15,16)(H2,12,14,17). The van der Waals surface area contributed by atoms with E-state index in [9.17, 15) is 9.59 Å². The first kappa shape index (κ1) is 14.0. The van der Waals surface area contributed by atoms with Gasteiger partial charge in [-0.25, -0.2) is 9.59 Å². The van der Waals surface area contributed by atoms with Gasteiger partial charge >= 0.3 is 12.0 Å². The van der Waals surface area contributed by atoms with Gasteiger partial charge < -0.3 is 20.3 Å². The summed E-state index contributed by atoms with van der Waals surface area (Å²) in [4.78, 5) is 22.5. The van der Waals surface area contributed by atoms with Gasteiger partial charge in [0, 0.05) is 6.07 Å². The number of nitrogens with one attached hydrogen (secondary N) is 2. The molecule has 7 heteroatoms. The van der Waals surface area contributed by atoms with Gasteiger partial charge in [-0.3, -0.25) is 0 Å². The van der Waals surface area contributed by atoms with E-state index in [1.165, 1.54) is 6.20 Å². The molecule has 2 unspecified atom stereocenters. The molecule has 0 aliphatic carbocycles. The van der Waals surface area contributed by atoms with Crippen molar-refractivity contribution >= 4 is 12.0 Å². The van der Waals surface area contributed by atoms with E-state index < -0.39 is 18.0 Å². The second-order valence-electron chi connectivity index (χ2n) is 4.01. The molecule has 0 radical (unpaired) electrons. The topological polar surface area (TPSA) is 104 Å². The average molecular weight is 255 g/mol. The second kappa shape index (κ2) is 6.63. The molecule has 100 valence electrons. The van der Waals surface area contributed by atoms with Crippen molar-refractivity contribution in [2.45, 2.75) is 32.9 Å².